The largest absolute Gasteiger partial charge is 0.361 e. The van der Waals surface area contributed by atoms with Crippen LogP contribution in [0.15, 0.2) is 35.2 Å². The summed E-state index contributed by atoms with van der Waals surface area (Å²) < 4.78 is 32.9. The highest BCUT2D eigenvalue weighted by atomic mass is 32.2. The predicted octanol–water partition coefficient (Wildman–Crippen LogP) is 0.318. The molecule has 1 aromatic rings. The van der Waals surface area contributed by atoms with E-state index in [9.17, 15) is 22.8 Å². The minimum Gasteiger partial charge on any atom is -0.361 e. The third-order valence-corrected chi connectivity index (χ3v) is 5.84. The lowest BCUT2D eigenvalue weighted by molar-refractivity contribution is -0.140. The lowest BCUT2D eigenvalue weighted by Crippen LogP contribution is -2.54. The first-order valence-corrected chi connectivity index (χ1v) is 11.0. The lowest BCUT2D eigenvalue weighted by Gasteiger charge is -2.23. The number of benzene rings is 1. The van der Waals surface area contributed by atoms with Crippen LogP contribution in [-0.2, 0) is 29.1 Å². The van der Waals surface area contributed by atoms with Gasteiger partial charge in [-0.05, 0) is 37.3 Å². The summed E-state index contributed by atoms with van der Waals surface area (Å²) in [6, 6.07) is 5.60. The Kier molecular flexibility index (Phi) is 8.30. The van der Waals surface area contributed by atoms with Crippen LogP contribution in [0, 0.1) is 5.92 Å². The monoisotopic (exact) mass is 425 g/mol. The molecule has 0 bridgehead atoms. The maximum atomic E-state index is 12.8. The Hall–Kier alpha value is -2.30. The van der Waals surface area contributed by atoms with E-state index >= 15 is 0 Å². The summed E-state index contributed by atoms with van der Waals surface area (Å²) in [7, 11) is -3.93. The molecule has 2 rings (SSSR count). The Morgan fingerprint density at radius 3 is 2.59 bits per heavy atom. The van der Waals surface area contributed by atoms with Crippen LogP contribution in [0.4, 0.5) is 0 Å². The van der Waals surface area contributed by atoms with Gasteiger partial charge in [-0.3, -0.25) is 14.4 Å². The van der Waals surface area contributed by atoms with Gasteiger partial charge < -0.3 is 15.4 Å². The number of sulfonamides is 1. The number of Topliss-reactive ketones (excluding diaryl/α,β-unsaturated/α-hetero) is 1. The molecule has 1 aliphatic heterocycles. The number of ether oxygens (including phenoxy) is 1. The summed E-state index contributed by atoms with van der Waals surface area (Å²) in [4.78, 5) is 37.1. The molecule has 0 radical (unpaired) electrons. The van der Waals surface area contributed by atoms with Crippen molar-refractivity contribution in [1.82, 2.24) is 15.4 Å². The van der Waals surface area contributed by atoms with Crippen molar-refractivity contribution in [2.45, 2.75) is 50.1 Å². The molecule has 0 spiro atoms. The summed E-state index contributed by atoms with van der Waals surface area (Å²) in [6.07, 6.45) is 0.919. The second-order valence-electron chi connectivity index (χ2n) is 7.24. The molecule has 0 aliphatic carbocycles. The Labute approximate surface area is 170 Å². The minimum atomic E-state index is -3.93. The minimum absolute atomic E-state index is 0.0113. The second kappa shape index (κ2) is 10.5. The van der Waals surface area contributed by atoms with Crippen LogP contribution in [0.25, 0.3) is 0 Å². The van der Waals surface area contributed by atoms with Crippen LogP contribution in [0.5, 0.6) is 0 Å². The standard InChI is InChI=1S/C19H27N3O6S/c1-13(2)11-16(22-29(26,27)14-7-4-3-5-8-14)18(24)21-15-9-6-10-28-12-20-19(25)17(15)23/h3-5,7-8,13,15-16,22H,6,9-12H2,1-2H3,(H,20,25)(H,21,24). The van der Waals surface area contributed by atoms with Gasteiger partial charge in [-0.15, -0.1) is 0 Å². The average Bonchev–Trinajstić information content (AvgIpc) is 2.74. The molecular formula is C19H27N3O6S. The fourth-order valence-corrected chi connectivity index (χ4v) is 4.13. The molecule has 0 saturated carbocycles. The van der Waals surface area contributed by atoms with Gasteiger partial charge in [-0.2, -0.15) is 4.72 Å². The van der Waals surface area contributed by atoms with Gasteiger partial charge in [0.05, 0.1) is 10.9 Å². The van der Waals surface area contributed by atoms with E-state index in [-0.39, 0.29) is 30.4 Å². The Morgan fingerprint density at radius 2 is 1.93 bits per heavy atom. The molecular weight excluding hydrogens is 398 g/mol. The summed E-state index contributed by atoms with van der Waals surface area (Å²) in [5.41, 5.74) is 0. The number of carbonyl (C=O) groups excluding carboxylic acids is 3. The van der Waals surface area contributed by atoms with Gasteiger partial charge in [-0.25, -0.2) is 8.42 Å². The van der Waals surface area contributed by atoms with E-state index in [2.05, 4.69) is 15.4 Å². The van der Waals surface area contributed by atoms with Crippen molar-refractivity contribution in [1.29, 1.82) is 0 Å². The number of rotatable bonds is 7. The van der Waals surface area contributed by atoms with E-state index in [1.165, 1.54) is 12.1 Å². The Morgan fingerprint density at radius 1 is 1.24 bits per heavy atom. The molecule has 2 amide bonds. The maximum absolute atomic E-state index is 12.8. The van der Waals surface area contributed by atoms with Crippen molar-refractivity contribution in [3.63, 3.8) is 0 Å². The van der Waals surface area contributed by atoms with E-state index in [4.69, 9.17) is 4.74 Å². The van der Waals surface area contributed by atoms with Crippen LogP contribution in [0.3, 0.4) is 0 Å². The molecule has 2 atom stereocenters. The molecule has 29 heavy (non-hydrogen) atoms. The fraction of sp³-hybridized carbons (Fsp3) is 0.526. The van der Waals surface area contributed by atoms with Gasteiger partial charge in [0.2, 0.25) is 21.7 Å². The third kappa shape index (κ3) is 6.91. The van der Waals surface area contributed by atoms with Gasteiger partial charge in [0.25, 0.3) is 5.91 Å². The molecule has 1 aliphatic rings. The van der Waals surface area contributed by atoms with E-state index in [0.717, 1.165) is 0 Å². The van der Waals surface area contributed by atoms with Crippen molar-refractivity contribution in [3.8, 4) is 0 Å². The van der Waals surface area contributed by atoms with Crippen molar-refractivity contribution in [2.75, 3.05) is 13.3 Å². The number of nitrogens with one attached hydrogen (secondary N) is 3. The smallest absolute Gasteiger partial charge is 0.291 e. The summed E-state index contributed by atoms with van der Waals surface area (Å²) >= 11 is 0. The van der Waals surface area contributed by atoms with E-state index < -0.39 is 39.7 Å². The molecule has 1 fully saturated rings. The van der Waals surface area contributed by atoms with E-state index in [0.29, 0.717) is 13.0 Å². The highest BCUT2D eigenvalue weighted by molar-refractivity contribution is 7.89. The van der Waals surface area contributed by atoms with Crippen molar-refractivity contribution >= 4 is 27.6 Å². The zero-order valence-electron chi connectivity index (χ0n) is 16.5. The molecule has 3 N–H and O–H groups in total. The fourth-order valence-electron chi connectivity index (χ4n) is 2.90. The molecule has 0 aromatic heterocycles. The van der Waals surface area contributed by atoms with Crippen LogP contribution >= 0.6 is 0 Å². The number of amides is 2. The number of ketones is 1. The second-order valence-corrected chi connectivity index (χ2v) is 8.96. The third-order valence-electron chi connectivity index (χ3n) is 4.35. The zero-order chi connectivity index (χ0) is 21.4. The number of hydrogen-bond acceptors (Lipinski definition) is 6. The van der Waals surface area contributed by atoms with Crippen molar-refractivity contribution in [2.24, 2.45) is 5.92 Å². The first-order chi connectivity index (χ1) is 13.7. The first-order valence-electron chi connectivity index (χ1n) is 9.48. The first kappa shape index (κ1) is 23.0. The van der Waals surface area contributed by atoms with Crippen molar-refractivity contribution in [3.05, 3.63) is 30.3 Å². The molecule has 10 heteroatoms. The Balaban J connectivity index is 2.17. The normalized spacial score (nSPS) is 19.6. The molecule has 9 nitrogen and oxygen atoms in total. The zero-order valence-corrected chi connectivity index (χ0v) is 17.3. The highest BCUT2D eigenvalue weighted by Gasteiger charge is 2.32. The van der Waals surface area contributed by atoms with Gasteiger partial charge in [0.15, 0.2) is 0 Å². The SMILES string of the molecule is CC(C)CC(NS(=O)(=O)c1ccccc1)C(=O)NC1CCCOCNC(=O)C1=O. The molecule has 2 unspecified atom stereocenters. The van der Waals surface area contributed by atoms with Gasteiger partial charge in [0, 0.05) is 6.61 Å². The summed E-state index contributed by atoms with van der Waals surface area (Å²) in [5.74, 6) is -2.26. The van der Waals surface area contributed by atoms with E-state index in [1.54, 1.807) is 18.2 Å². The average molecular weight is 426 g/mol. The lowest BCUT2D eigenvalue weighted by atomic mass is 10.0. The maximum Gasteiger partial charge on any atom is 0.291 e. The number of carbonyl (C=O) groups is 3. The summed E-state index contributed by atoms with van der Waals surface area (Å²) in [5, 5.41) is 4.87. The van der Waals surface area contributed by atoms with Crippen molar-refractivity contribution < 1.29 is 27.5 Å². The molecule has 160 valence electrons. The van der Waals surface area contributed by atoms with Crippen LogP contribution in [0.2, 0.25) is 0 Å². The quantitative estimate of drug-likeness (QED) is 0.539. The molecule has 1 heterocycles. The topological polar surface area (TPSA) is 131 Å². The van der Waals surface area contributed by atoms with Crippen LogP contribution in [0.1, 0.15) is 33.1 Å². The highest BCUT2D eigenvalue weighted by Crippen LogP contribution is 2.13. The molecule has 1 aromatic carbocycles. The summed E-state index contributed by atoms with van der Waals surface area (Å²) in [6.45, 7) is 3.97. The molecule has 1 saturated heterocycles. The van der Waals surface area contributed by atoms with Gasteiger partial charge in [0.1, 0.15) is 12.8 Å². The Bertz CT molecular complexity index is 826. The van der Waals surface area contributed by atoms with Gasteiger partial charge >= 0.3 is 0 Å². The van der Waals surface area contributed by atoms with Crippen LogP contribution < -0.4 is 15.4 Å². The van der Waals surface area contributed by atoms with Gasteiger partial charge in [-0.1, -0.05) is 32.0 Å². The van der Waals surface area contributed by atoms with Crippen LogP contribution in [-0.4, -0.2) is 51.4 Å². The number of hydrogen-bond donors (Lipinski definition) is 3. The van der Waals surface area contributed by atoms with E-state index in [1.807, 2.05) is 13.8 Å². The predicted molar refractivity (Wildman–Crippen MR) is 105 cm³/mol.